The average Bonchev–Trinajstić information content (AvgIpc) is 2.48. The Bertz CT molecular complexity index is 718. The van der Waals surface area contributed by atoms with Crippen molar-refractivity contribution in [2.24, 2.45) is 15.9 Å². The maximum Gasteiger partial charge on any atom is 0.233 e. The van der Waals surface area contributed by atoms with Crippen LogP contribution in [0.4, 0.5) is 0 Å². The molecular formula is C14H12N6. The number of fused-ring (bicyclic) bond motifs is 1. The van der Waals surface area contributed by atoms with Gasteiger partial charge < -0.3 is 5.73 Å². The molecule has 0 spiro atoms. The van der Waals surface area contributed by atoms with Crippen LogP contribution in [0, 0.1) is 11.3 Å². The van der Waals surface area contributed by atoms with Gasteiger partial charge in [0.15, 0.2) is 5.84 Å². The van der Waals surface area contributed by atoms with Crippen molar-refractivity contribution >= 4 is 17.5 Å². The Hall–Kier alpha value is -3.07. The number of nitriles is 1. The Balaban J connectivity index is 2.18. The van der Waals surface area contributed by atoms with Crippen LogP contribution in [-0.4, -0.2) is 16.8 Å². The number of allylic oxidation sites excluding steroid dienone is 2. The first-order valence-corrected chi connectivity index (χ1v) is 6.07. The van der Waals surface area contributed by atoms with Crippen molar-refractivity contribution in [3.8, 4) is 6.07 Å². The van der Waals surface area contributed by atoms with E-state index in [-0.39, 0.29) is 5.96 Å². The summed E-state index contributed by atoms with van der Waals surface area (Å²) in [7, 11) is 0. The zero-order valence-corrected chi connectivity index (χ0v) is 10.8. The van der Waals surface area contributed by atoms with Crippen molar-refractivity contribution in [2.45, 2.75) is 6.92 Å². The lowest BCUT2D eigenvalue weighted by molar-refractivity contribution is 0.510. The summed E-state index contributed by atoms with van der Waals surface area (Å²) < 4.78 is 0. The fraction of sp³-hybridized carbons (Fsp3) is 0.0714. The first kappa shape index (κ1) is 12.0. The highest BCUT2D eigenvalue weighted by Gasteiger charge is 2.29. The van der Waals surface area contributed by atoms with Gasteiger partial charge in [-0.15, -0.1) is 10.2 Å². The summed E-state index contributed by atoms with van der Waals surface area (Å²) in [4.78, 5) is 0. The monoisotopic (exact) mass is 264 g/mol. The van der Waals surface area contributed by atoms with E-state index in [1.165, 1.54) is 0 Å². The number of nitrogens with two attached hydrogens (primary N) is 1. The summed E-state index contributed by atoms with van der Waals surface area (Å²) in [6.07, 6.45) is 1.93. The molecule has 6 nitrogen and oxygen atoms in total. The molecule has 0 aliphatic carbocycles. The predicted octanol–water partition coefficient (Wildman–Crippen LogP) is 1.33. The van der Waals surface area contributed by atoms with E-state index >= 15 is 0 Å². The molecule has 0 bridgehead atoms. The van der Waals surface area contributed by atoms with Crippen molar-refractivity contribution < 1.29 is 0 Å². The third-order valence-electron chi connectivity index (χ3n) is 3.08. The Kier molecular flexibility index (Phi) is 2.73. The van der Waals surface area contributed by atoms with E-state index in [9.17, 15) is 5.26 Å². The molecule has 0 aromatic heterocycles. The number of hydrogen-bond acceptors (Lipinski definition) is 6. The molecule has 20 heavy (non-hydrogen) atoms. The molecule has 1 aromatic carbocycles. The second kappa shape index (κ2) is 4.55. The highest BCUT2D eigenvalue weighted by Crippen LogP contribution is 2.28. The van der Waals surface area contributed by atoms with Gasteiger partial charge in [0.05, 0.1) is 5.70 Å². The van der Waals surface area contributed by atoms with E-state index < -0.39 is 0 Å². The summed E-state index contributed by atoms with van der Waals surface area (Å²) in [6, 6.07) is 12.0. The average molecular weight is 264 g/mol. The molecule has 6 heteroatoms. The third-order valence-corrected chi connectivity index (χ3v) is 3.08. The molecule has 98 valence electrons. The van der Waals surface area contributed by atoms with Gasteiger partial charge in [-0.05, 0) is 18.6 Å². The van der Waals surface area contributed by atoms with Crippen molar-refractivity contribution in [3.63, 3.8) is 0 Å². The molecule has 2 aliphatic rings. The number of benzene rings is 1. The van der Waals surface area contributed by atoms with E-state index in [0.717, 1.165) is 16.8 Å². The Labute approximate surface area is 116 Å². The van der Waals surface area contributed by atoms with Gasteiger partial charge in [0, 0.05) is 5.56 Å². The smallest absolute Gasteiger partial charge is 0.233 e. The summed E-state index contributed by atoms with van der Waals surface area (Å²) in [6.45, 7) is 1.88. The maximum absolute atomic E-state index is 9.27. The molecular weight excluding hydrogens is 252 g/mol. The largest absolute Gasteiger partial charge is 0.367 e. The fourth-order valence-corrected chi connectivity index (χ4v) is 2.15. The first-order valence-electron chi connectivity index (χ1n) is 6.07. The molecule has 3 rings (SSSR count). The molecule has 1 aromatic rings. The fourth-order valence-electron chi connectivity index (χ4n) is 2.15. The van der Waals surface area contributed by atoms with Gasteiger partial charge in [-0.3, -0.25) is 5.43 Å². The molecule has 2 aliphatic heterocycles. The van der Waals surface area contributed by atoms with Gasteiger partial charge in [0.25, 0.3) is 0 Å². The molecule has 0 unspecified atom stereocenters. The number of rotatable bonds is 1. The van der Waals surface area contributed by atoms with Crippen molar-refractivity contribution in [3.05, 3.63) is 53.1 Å². The van der Waals surface area contributed by atoms with Crippen molar-refractivity contribution in [1.29, 1.82) is 5.26 Å². The lowest BCUT2D eigenvalue weighted by Gasteiger charge is -2.33. The number of hydrogen-bond donors (Lipinski definition) is 2. The van der Waals surface area contributed by atoms with Gasteiger partial charge in [0.1, 0.15) is 11.6 Å². The lowest BCUT2D eigenvalue weighted by atomic mass is 10.00. The van der Waals surface area contributed by atoms with Crippen LogP contribution in [0.3, 0.4) is 0 Å². The number of amidine groups is 1. The predicted molar refractivity (Wildman–Crippen MR) is 76.8 cm³/mol. The second-order valence-corrected chi connectivity index (χ2v) is 4.42. The van der Waals surface area contributed by atoms with Gasteiger partial charge in [-0.1, -0.05) is 30.3 Å². The van der Waals surface area contributed by atoms with Crippen LogP contribution in [0.5, 0.6) is 0 Å². The standard InChI is InChI=1S/C14H12N6/c1-9-7-12(10-5-3-2-4-6-10)20-13(11(9)8-15)17-18-14(16)19-20/h2-7H,1H3,(H3,16,18,19). The van der Waals surface area contributed by atoms with E-state index in [1.807, 2.05) is 43.3 Å². The van der Waals surface area contributed by atoms with E-state index in [2.05, 4.69) is 21.7 Å². The topological polar surface area (TPSA) is 89.8 Å². The molecule has 0 radical (unpaired) electrons. The highest BCUT2D eigenvalue weighted by atomic mass is 15.6. The quantitative estimate of drug-likeness (QED) is 0.800. The molecule has 2 heterocycles. The first-order chi connectivity index (χ1) is 9.70. The molecule has 0 amide bonds. The lowest BCUT2D eigenvalue weighted by Crippen LogP contribution is -2.51. The van der Waals surface area contributed by atoms with Crippen LogP contribution < -0.4 is 11.2 Å². The zero-order chi connectivity index (χ0) is 14.1. The second-order valence-electron chi connectivity index (χ2n) is 4.42. The van der Waals surface area contributed by atoms with Crippen LogP contribution in [0.15, 0.2) is 57.8 Å². The summed E-state index contributed by atoms with van der Waals surface area (Å²) in [5.41, 5.74) is 11.8. The summed E-state index contributed by atoms with van der Waals surface area (Å²) in [5.74, 6) is 0.646. The summed E-state index contributed by atoms with van der Waals surface area (Å²) in [5, 5.41) is 18.8. The Morgan fingerprint density at radius 1 is 1.25 bits per heavy atom. The van der Waals surface area contributed by atoms with Crippen molar-refractivity contribution in [1.82, 2.24) is 10.4 Å². The minimum Gasteiger partial charge on any atom is -0.367 e. The number of nitrogens with one attached hydrogen (secondary N) is 1. The van der Waals surface area contributed by atoms with Crippen molar-refractivity contribution in [2.75, 3.05) is 0 Å². The summed E-state index contributed by atoms with van der Waals surface area (Å²) >= 11 is 0. The Morgan fingerprint density at radius 3 is 2.70 bits per heavy atom. The van der Waals surface area contributed by atoms with Gasteiger partial charge >= 0.3 is 0 Å². The number of guanidine groups is 1. The normalized spacial score (nSPS) is 17.4. The molecule has 0 atom stereocenters. The molecule has 3 N–H and O–H groups in total. The van der Waals surface area contributed by atoms with E-state index in [0.29, 0.717) is 11.4 Å². The number of nitrogens with zero attached hydrogens (tertiary/aromatic N) is 4. The van der Waals surface area contributed by atoms with Crippen LogP contribution in [0.2, 0.25) is 0 Å². The minimum atomic E-state index is 0.187. The molecule has 0 saturated heterocycles. The highest BCUT2D eigenvalue weighted by molar-refractivity contribution is 6.10. The third kappa shape index (κ3) is 1.82. The maximum atomic E-state index is 9.27. The van der Waals surface area contributed by atoms with Gasteiger partial charge in [-0.25, -0.2) is 5.01 Å². The molecule has 0 saturated carbocycles. The van der Waals surface area contributed by atoms with Crippen LogP contribution in [-0.2, 0) is 0 Å². The zero-order valence-electron chi connectivity index (χ0n) is 10.8. The van der Waals surface area contributed by atoms with Gasteiger partial charge in [0.2, 0.25) is 5.96 Å². The number of hydrazine groups is 1. The van der Waals surface area contributed by atoms with Crippen LogP contribution in [0.1, 0.15) is 12.5 Å². The molecule has 0 fully saturated rings. The van der Waals surface area contributed by atoms with Crippen LogP contribution in [0.25, 0.3) is 5.70 Å². The van der Waals surface area contributed by atoms with E-state index in [4.69, 9.17) is 5.73 Å². The van der Waals surface area contributed by atoms with Gasteiger partial charge in [-0.2, -0.15) is 5.26 Å². The van der Waals surface area contributed by atoms with Crippen LogP contribution >= 0.6 is 0 Å². The SMILES string of the molecule is CC1=C(C#N)C2=NN=C(N)NN2C(c2ccccc2)=C1. The Morgan fingerprint density at radius 2 is 2.00 bits per heavy atom. The van der Waals surface area contributed by atoms with E-state index in [1.54, 1.807) is 5.01 Å². The minimum absolute atomic E-state index is 0.187.